The van der Waals surface area contributed by atoms with E-state index in [2.05, 4.69) is 25.7 Å². The highest BCUT2D eigenvalue weighted by atomic mass is 35.5. The van der Waals surface area contributed by atoms with Crippen molar-refractivity contribution < 1.29 is 4.74 Å². The number of pyridine rings is 1. The summed E-state index contributed by atoms with van der Waals surface area (Å²) in [5.41, 5.74) is 9.71. The molecule has 1 saturated carbocycles. The molecule has 0 aliphatic heterocycles. The minimum atomic E-state index is 0.261. The average Bonchev–Trinajstić information content (AvgIpc) is 3.30. The van der Waals surface area contributed by atoms with Gasteiger partial charge in [-0.15, -0.1) is 9.90 Å². The van der Waals surface area contributed by atoms with E-state index in [1.54, 1.807) is 31.3 Å². The molecular formula is C23H30ClN9O. The van der Waals surface area contributed by atoms with Gasteiger partial charge in [0, 0.05) is 12.1 Å². The second kappa shape index (κ2) is 10.7. The van der Waals surface area contributed by atoms with Gasteiger partial charge in [0.1, 0.15) is 5.75 Å². The van der Waals surface area contributed by atoms with E-state index in [0.29, 0.717) is 28.1 Å². The second-order valence-corrected chi connectivity index (χ2v) is 8.80. The summed E-state index contributed by atoms with van der Waals surface area (Å²) in [5.74, 6) is 7.20. The Morgan fingerprint density at radius 1 is 1.18 bits per heavy atom. The van der Waals surface area contributed by atoms with Crippen LogP contribution in [0.2, 0.25) is 5.02 Å². The standard InChI is InChI=1S/C23H30ClN9O/c1-15-21(34-18-6-4-3-5-7-18)13-12-19(28-15)22(25)20(32(2)26)14-27-23-29-31-33(30-23)17-10-8-16(24)9-11-17/h8-13,18H,3-7,14,25-26H2,1-2H3,(H,27,30)/b22-20-. The zero-order chi connectivity index (χ0) is 24.1. The van der Waals surface area contributed by atoms with Crippen molar-refractivity contribution in [1.82, 2.24) is 30.2 Å². The van der Waals surface area contributed by atoms with Gasteiger partial charge in [-0.1, -0.05) is 23.1 Å². The first kappa shape index (κ1) is 23.8. The first-order valence-corrected chi connectivity index (χ1v) is 11.7. The van der Waals surface area contributed by atoms with E-state index < -0.39 is 0 Å². The molecule has 5 N–H and O–H groups in total. The normalized spacial score (nSPS) is 15.1. The van der Waals surface area contributed by atoms with Gasteiger partial charge in [-0.05, 0) is 74.2 Å². The van der Waals surface area contributed by atoms with Crippen LogP contribution in [0.25, 0.3) is 11.4 Å². The molecule has 1 aliphatic carbocycles. The second-order valence-electron chi connectivity index (χ2n) is 8.36. The molecule has 1 fully saturated rings. The van der Waals surface area contributed by atoms with Crippen molar-refractivity contribution in [3.8, 4) is 11.4 Å². The van der Waals surface area contributed by atoms with Crippen molar-refractivity contribution in [3.63, 3.8) is 0 Å². The van der Waals surface area contributed by atoms with E-state index in [0.717, 1.165) is 30.0 Å². The zero-order valence-electron chi connectivity index (χ0n) is 19.4. The number of hydrogen-bond donors (Lipinski definition) is 3. The number of hydrogen-bond acceptors (Lipinski definition) is 9. The molecule has 0 spiro atoms. The van der Waals surface area contributed by atoms with Crippen molar-refractivity contribution >= 4 is 23.2 Å². The number of likely N-dealkylation sites (N-methyl/N-ethyl adjacent to an activating group) is 1. The quantitative estimate of drug-likeness (QED) is 0.326. The lowest BCUT2D eigenvalue weighted by Crippen LogP contribution is -2.32. The highest BCUT2D eigenvalue weighted by Gasteiger charge is 2.18. The Morgan fingerprint density at radius 3 is 2.59 bits per heavy atom. The lowest BCUT2D eigenvalue weighted by molar-refractivity contribution is 0.153. The molecule has 1 aliphatic rings. The molecule has 4 rings (SSSR count). The Balaban J connectivity index is 1.46. The summed E-state index contributed by atoms with van der Waals surface area (Å²) in [6.07, 6.45) is 6.16. The van der Waals surface area contributed by atoms with Crippen molar-refractivity contribution in [2.24, 2.45) is 11.6 Å². The maximum absolute atomic E-state index is 6.46. The summed E-state index contributed by atoms with van der Waals surface area (Å²) in [6, 6.07) is 10.9. The van der Waals surface area contributed by atoms with Crippen LogP contribution in [-0.4, -0.2) is 49.9 Å². The molecule has 34 heavy (non-hydrogen) atoms. The number of nitrogens with two attached hydrogens (primary N) is 2. The van der Waals surface area contributed by atoms with E-state index in [1.807, 2.05) is 19.1 Å². The molecule has 0 atom stereocenters. The van der Waals surface area contributed by atoms with Crippen molar-refractivity contribution in [2.45, 2.75) is 45.1 Å². The Bertz CT molecular complexity index is 1140. The number of aryl methyl sites for hydroxylation is 1. The highest BCUT2D eigenvalue weighted by molar-refractivity contribution is 6.30. The van der Waals surface area contributed by atoms with Crippen LogP contribution in [0.15, 0.2) is 42.1 Å². The van der Waals surface area contributed by atoms with Gasteiger partial charge in [-0.2, -0.15) is 0 Å². The monoisotopic (exact) mass is 483 g/mol. The van der Waals surface area contributed by atoms with Gasteiger partial charge >= 0.3 is 0 Å². The van der Waals surface area contributed by atoms with Gasteiger partial charge in [-0.3, -0.25) is 0 Å². The number of nitrogens with zero attached hydrogens (tertiary/aromatic N) is 6. The van der Waals surface area contributed by atoms with Gasteiger partial charge in [0.15, 0.2) is 0 Å². The third kappa shape index (κ3) is 5.75. The molecule has 2 heterocycles. The topological polar surface area (TPSA) is 133 Å². The van der Waals surface area contributed by atoms with Crippen molar-refractivity contribution in [1.29, 1.82) is 0 Å². The van der Waals surface area contributed by atoms with E-state index in [4.69, 9.17) is 27.9 Å². The molecular weight excluding hydrogens is 454 g/mol. The number of benzene rings is 1. The van der Waals surface area contributed by atoms with E-state index in [-0.39, 0.29) is 12.6 Å². The van der Waals surface area contributed by atoms with Crippen LogP contribution in [0.4, 0.5) is 5.95 Å². The first-order valence-electron chi connectivity index (χ1n) is 11.3. The molecule has 0 amide bonds. The molecule has 3 aromatic rings. The van der Waals surface area contributed by atoms with Crippen LogP contribution in [0.1, 0.15) is 43.5 Å². The minimum Gasteiger partial charge on any atom is -0.489 e. The van der Waals surface area contributed by atoms with Gasteiger partial charge < -0.3 is 20.8 Å². The molecule has 2 aromatic heterocycles. The molecule has 10 nitrogen and oxygen atoms in total. The summed E-state index contributed by atoms with van der Waals surface area (Å²) >= 11 is 5.94. The van der Waals surface area contributed by atoms with Gasteiger partial charge in [-0.25, -0.2) is 10.8 Å². The maximum Gasteiger partial charge on any atom is 0.264 e. The van der Waals surface area contributed by atoms with Gasteiger partial charge in [0.05, 0.1) is 41.1 Å². The van der Waals surface area contributed by atoms with E-state index >= 15 is 0 Å². The summed E-state index contributed by atoms with van der Waals surface area (Å²) in [6.45, 7) is 2.21. The Labute approximate surface area is 203 Å². The number of aromatic nitrogens is 5. The predicted octanol–water partition coefficient (Wildman–Crippen LogP) is 3.28. The van der Waals surface area contributed by atoms with Crippen molar-refractivity contribution in [2.75, 3.05) is 18.9 Å². The summed E-state index contributed by atoms with van der Waals surface area (Å²) in [7, 11) is 1.72. The highest BCUT2D eigenvalue weighted by Crippen LogP contribution is 2.26. The van der Waals surface area contributed by atoms with E-state index in [9.17, 15) is 0 Å². The lowest BCUT2D eigenvalue weighted by atomic mass is 9.98. The van der Waals surface area contributed by atoms with Crippen LogP contribution in [0.3, 0.4) is 0 Å². The first-order chi connectivity index (χ1) is 16.4. The number of tetrazole rings is 1. The lowest BCUT2D eigenvalue weighted by Gasteiger charge is -2.24. The fraction of sp³-hybridized carbons (Fsp3) is 0.391. The summed E-state index contributed by atoms with van der Waals surface area (Å²) in [5, 5.41) is 17.6. The SMILES string of the molecule is Cc1nc(/C(N)=C(\CNc2nnn(-c3ccc(Cl)cc3)n2)N(C)N)ccc1OC1CCCCC1. The largest absolute Gasteiger partial charge is 0.489 e. The summed E-state index contributed by atoms with van der Waals surface area (Å²) < 4.78 is 6.18. The molecule has 0 radical (unpaired) electrons. The fourth-order valence-electron chi connectivity index (χ4n) is 3.87. The fourth-order valence-corrected chi connectivity index (χ4v) is 4.00. The predicted molar refractivity (Wildman–Crippen MR) is 132 cm³/mol. The third-order valence-corrected chi connectivity index (χ3v) is 6.03. The van der Waals surface area contributed by atoms with Crippen molar-refractivity contribution in [3.05, 3.63) is 58.5 Å². The summed E-state index contributed by atoms with van der Waals surface area (Å²) in [4.78, 5) is 6.08. The molecule has 0 saturated heterocycles. The third-order valence-electron chi connectivity index (χ3n) is 5.78. The number of ether oxygens (including phenoxy) is 1. The smallest absolute Gasteiger partial charge is 0.264 e. The van der Waals surface area contributed by atoms with Crippen LogP contribution in [0.5, 0.6) is 5.75 Å². The van der Waals surface area contributed by atoms with Gasteiger partial charge in [0.25, 0.3) is 5.95 Å². The number of rotatable bonds is 8. The number of hydrazine groups is 1. The number of nitrogens with one attached hydrogen (secondary N) is 1. The zero-order valence-corrected chi connectivity index (χ0v) is 20.2. The van der Waals surface area contributed by atoms with Crippen LogP contribution >= 0.6 is 11.6 Å². The minimum absolute atomic E-state index is 0.261. The number of halogens is 1. The van der Waals surface area contributed by atoms with Gasteiger partial charge in [0.2, 0.25) is 0 Å². The Kier molecular flexibility index (Phi) is 7.49. The molecule has 0 bridgehead atoms. The Hall–Kier alpha value is -3.37. The van der Waals surface area contributed by atoms with Crippen LogP contribution in [-0.2, 0) is 0 Å². The molecule has 11 heteroatoms. The van der Waals surface area contributed by atoms with Crippen LogP contribution < -0.4 is 21.6 Å². The maximum atomic E-state index is 6.46. The molecule has 1 aromatic carbocycles. The Morgan fingerprint density at radius 2 is 1.91 bits per heavy atom. The molecule has 0 unspecified atom stereocenters. The van der Waals surface area contributed by atoms with E-state index in [1.165, 1.54) is 29.1 Å². The average molecular weight is 484 g/mol. The van der Waals surface area contributed by atoms with Crippen LogP contribution in [0, 0.1) is 6.92 Å². The number of anilines is 1. The molecule has 180 valence electrons.